The number of carbonyl (C=O) groups excluding carboxylic acids is 1. The van der Waals surface area contributed by atoms with Crippen LogP contribution < -0.4 is 10.1 Å². The topological polar surface area (TPSA) is 97.3 Å². The number of nitrogens with one attached hydrogen (secondary N) is 1. The SMILES string of the molecule is COCOc1ccc(C(O)C(O)CNC(=O)OCc2ccccc2)c(F)c1. The fraction of sp³-hybridized carbons (Fsp3) is 0.316. The van der Waals surface area contributed by atoms with Crippen LogP contribution in [0.1, 0.15) is 17.2 Å². The minimum absolute atomic E-state index is 0.0427. The molecule has 0 saturated carbocycles. The molecule has 0 fully saturated rings. The minimum Gasteiger partial charge on any atom is -0.467 e. The van der Waals surface area contributed by atoms with E-state index >= 15 is 0 Å². The summed E-state index contributed by atoms with van der Waals surface area (Å²) in [5.74, 6) is -0.524. The molecule has 7 nitrogen and oxygen atoms in total. The van der Waals surface area contributed by atoms with E-state index in [0.29, 0.717) is 0 Å². The third-order valence-electron chi connectivity index (χ3n) is 3.67. The fourth-order valence-electron chi connectivity index (χ4n) is 2.25. The maximum absolute atomic E-state index is 14.1. The molecule has 0 bridgehead atoms. The highest BCUT2D eigenvalue weighted by Crippen LogP contribution is 2.24. The van der Waals surface area contributed by atoms with E-state index in [1.807, 2.05) is 18.2 Å². The Kier molecular flexibility index (Phi) is 8.00. The Balaban J connectivity index is 1.82. The summed E-state index contributed by atoms with van der Waals surface area (Å²) in [6.07, 6.45) is -3.71. The van der Waals surface area contributed by atoms with Gasteiger partial charge in [-0.15, -0.1) is 0 Å². The van der Waals surface area contributed by atoms with Gasteiger partial charge in [-0.25, -0.2) is 9.18 Å². The number of methoxy groups -OCH3 is 1. The minimum atomic E-state index is -1.53. The number of aliphatic hydroxyl groups excluding tert-OH is 2. The van der Waals surface area contributed by atoms with Crippen LogP contribution in [-0.2, 0) is 16.1 Å². The van der Waals surface area contributed by atoms with Crippen LogP contribution in [0.25, 0.3) is 0 Å². The van der Waals surface area contributed by atoms with Crippen LogP contribution in [0.3, 0.4) is 0 Å². The first-order valence-electron chi connectivity index (χ1n) is 8.23. The molecule has 0 heterocycles. The quantitative estimate of drug-likeness (QED) is 0.578. The van der Waals surface area contributed by atoms with Gasteiger partial charge in [0.15, 0.2) is 6.79 Å². The number of carbonyl (C=O) groups is 1. The van der Waals surface area contributed by atoms with Crippen molar-refractivity contribution in [1.82, 2.24) is 5.32 Å². The van der Waals surface area contributed by atoms with Gasteiger partial charge in [-0.2, -0.15) is 0 Å². The van der Waals surface area contributed by atoms with Crippen molar-refractivity contribution in [3.8, 4) is 5.75 Å². The fourth-order valence-corrected chi connectivity index (χ4v) is 2.25. The van der Waals surface area contributed by atoms with E-state index in [9.17, 15) is 19.4 Å². The second kappa shape index (κ2) is 10.5. The number of aliphatic hydroxyl groups is 2. The highest BCUT2D eigenvalue weighted by molar-refractivity contribution is 5.67. The van der Waals surface area contributed by atoms with Crippen molar-refractivity contribution >= 4 is 6.09 Å². The molecule has 0 radical (unpaired) electrons. The molecule has 0 aliphatic carbocycles. The molecule has 2 rings (SSSR count). The molecule has 0 spiro atoms. The highest BCUT2D eigenvalue weighted by Gasteiger charge is 2.22. The maximum atomic E-state index is 14.1. The number of amides is 1. The van der Waals surface area contributed by atoms with Gasteiger partial charge in [-0.1, -0.05) is 30.3 Å². The van der Waals surface area contributed by atoms with E-state index in [1.165, 1.54) is 19.2 Å². The zero-order chi connectivity index (χ0) is 19.6. The number of hydrogen-bond acceptors (Lipinski definition) is 6. The van der Waals surface area contributed by atoms with Crippen molar-refractivity contribution < 1.29 is 33.6 Å². The Labute approximate surface area is 156 Å². The van der Waals surface area contributed by atoms with Crippen molar-refractivity contribution in [2.45, 2.75) is 18.8 Å². The number of benzene rings is 2. The predicted molar refractivity (Wildman–Crippen MR) is 94.5 cm³/mol. The Morgan fingerprint density at radius 2 is 1.93 bits per heavy atom. The zero-order valence-electron chi connectivity index (χ0n) is 14.8. The van der Waals surface area contributed by atoms with E-state index in [0.717, 1.165) is 11.6 Å². The Morgan fingerprint density at radius 3 is 2.59 bits per heavy atom. The summed E-state index contributed by atoms with van der Waals surface area (Å²) in [6.45, 7) is -0.280. The van der Waals surface area contributed by atoms with Crippen LogP contribution in [0.15, 0.2) is 48.5 Å². The lowest BCUT2D eigenvalue weighted by atomic mass is 10.0. The molecule has 1 amide bonds. The first-order chi connectivity index (χ1) is 13.0. The number of hydrogen-bond donors (Lipinski definition) is 3. The van der Waals surface area contributed by atoms with Gasteiger partial charge >= 0.3 is 6.09 Å². The van der Waals surface area contributed by atoms with Crippen LogP contribution in [0.4, 0.5) is 9.18 Å². The van der Waals surface area contributed by atoms with Gasteiger partial charge in [0, 0.05) is 25.3 Å². The Hall–Kier alpha value is -2.68. The average Bonchev–Trinajstić information content (AvgIpc) is 2.69. The standard InChI is InChI=1S/C19H22FNO6/c1-25-12-27-14-7-8-15(16(20)9-14)18(23)17(22)10-21-19(24)26-11-13-5-3-2-4-6-13/h2-9,17-18,22-23H,10-12H2,1H3,(H,21,24). The molecule has 2 aromatic rings. The van der Waals surface area contributed by atoms with Crippen molar-refractivity contribution in [1.29, 1.82) is 0 Å². The van der Waals surface area contributed by atoms with Crippen LogP contribution in [0, 0.1) is 5.82 Å². The molecule has 27 heavy (non-hydrogen) atoms. The van der Waals surface area contributed by atoms with Gasteiger partial charge in [-0.05, 0) is 17.7 Å². The first kappa shape index (κ1) is 20.6. The Morgan fingerprint density at radius 1 is 1.19 bits per heavy atom. The molecule has 3 N–H and O–H groups in total. The zero-order valence-corrected chi connectivity index (χ0v) is 14.8. The lowest BCUT2D eigenvalue weighted by molar-refractivity contribution is 0.0162. The van der Waals surface area contributed by atoms with Crippen LogP contribution in [-0.4, -0.2) is 42.9 Å². The molecule has 0 aromatic heterocycles. The molecule has 0 aliphatic rings. The summed E-state index contributed by atoms with van der Waals surface area (Å²) in [7, 11) is 1.43. The number of halogens is 1. The summed E-state index contributed by atoms with van der Waals surface area (Å²) in [4.78, 5) is 11.7. The molecule has 146 valence electrons. The summed E-state index contributed by atoms with van der Waals surface area (Å²) < 4.78 is 28.9. The van der Waals surface area contributed by atoms with Gasteiger partial charge < -0.3 is 29.7 Å². The molecule has 0 aliphatic heterocycles. The van der Waals surface area contributed by atoms with E-state index in [4.69, 9.17) is 14.2 Å². The summed E-state index contributed by atoms with van der Waals surface area (Å²) in [5.41, 5.74) is 0.692. The monoisotopic (exact) mass is 379 g/mol. The van der Waals surface area contributed by atoms with Crippen LogP contribution in [0.2, 0.25) is 0 Å². The normalized spacial score (nSPS) is 12.9. The van der Waals surface area contributed by atoms with Gasteiger partial charge in [0.05, 0.1) is 0 Å². The van der Waals surface area contributed by atoms with Crippen molar-refractivity contribution in [2.75, 3.05) is 20.4 Å². The smallest absolute Gasteiger partial charge is 0.407 e. The molecule has 2 atom stereocenters. The van der Waals surface area contributed by atoms with Gasteiger partial charge in [0.2, 0.25) is 0 Å². The summed E-state index contributed by atoms with van der Waals surface area (Å²) in [5, 5.41) is 22.4. The van der Waals surface area contributed by atoms with Gasteiger partial charge in [0.25, 0.3) is 0 Å². The van der Waals surface area contributed by atoms with E-state index in [2.05, 4.69) is 5.32 Å². The highest BCUT2D eigenvalue weighted by atomic mass is 19.1. The van der Waals surface area contributed by atoms with Gasteiger partial charge in [-0.3, -0.25) is 0 Å². The van der Waals surface area contributed by atoms with Crippen molar-refractivity contribution in [3.63, 3.8) is 0 Å². The lowest BCUT2D eigenvalue weighted by Gasteiger charge is -2.19. The molecule has 8 heteroatoms. The van der Waals surface area contributed by atoms with Crippen molar-refractivity contribution in [2.24, 2.45) is 0 Å². The molecular formula is C19H22FNO6. The maximum Gasteiger partial charge on any atom is 0.407 e. The summed E-state index contributed by atoms with van der Waals surface area (Å²) >= 11 is 0. The summed E-state index contributed by atoms with van der Waals surface area (Å²) in [6, 6.07) is 12.9. The second-order valence-electron chi connectivity index (χ2n) is 5.69. The van der Waals surface area contributed by atoms with Crippen LogP contribution >= 0.6 is 0 Å². The predicted octanol–water partition coefficient (Wildman–Crippen LogP) is 2.13. The third-order valence-corrected chi connectivity index (χ3v) is 3.67. The molecule has 0 saturated heterocycles. The first-order valence-corrected chi connectivity index (χ1v) is 8.23. The Bertz CT molecular complexity index is 727. The molecular weight excluding hydrogens is 357 g/mol. The average molecular weight is 379 g/mol. The molecule has 2 aromatic carbocycles. The van der Waals surface area contributed by atoms with Crippen LogP contribution in [0.5, 0.6) is 5.75 Å². The lowest BCUT2D eigenvalue weighted by Crippen LogP contribution is -2.36. The molecule has 2 unspecified atom stereocenters. The number of rotatable bonds is 9. The van der Waals surface area contributed by atoms with E-state index < -0.39 is 24.1 Å². The third kappa shape index (κ3) is 6.52. The van der Waals surface area contributed by atoms with Crippen molar-refractivity contribution in [3.05, 3.63) is 65.5 Å². The van der Waals surface area contributed by atoms with E-state index in [1.54, 1.807) is 12.1 Å². The second-order valence-corrected chi connectivity index (χ2v) is 5.69. The largest absolute Gasteiger partial charge is 0.467 e. The van der Waals surface area contributed by atoms with E-state index in [-0.39, 0.29) is 31.3 Å². The number of ether oxygens (including phenoxy) is 3. The van der Waals surface area contributed by atoms with Gasteiger partial charge in [0.1, 0.15) is 30.4 Å². The number of alkyl carbamates (subject to hydrolysis) is 1.